The second-order valence-electron chi connectivity index (χ2n) is 5.87. The van der Waals surface area contributed by atoms with Crippen molar-refractivity contribution >= 4 is 28.7 Å². The molecule has 9 nitrogen and oxygen atoms in total. The highest BCUT2D eigenvalue weighted by Gasteiger charge is 2.29. The molecule has 3 heterocycles. The van der Waals surface area contributed by atoms with Crippen LogP contribution in [0.3, 0.4) is 0 Å². The number of anilines is 1. The zero-order valence-corrected chi connectivity index (χ0v) is 14.5. The average molecular weight is 358 g/mol. The quantitative estimate of drug-likeness (QED) is 0.736. The van der Waals surface area contributed by atoms with Gasteiger partial charge in [0.25, 0.3) is 5.56 Å². The number of morpholine rings is 1. The Hall–Kier alpha value is -1.84. The van der Waals surface area contributed by atoms with Gasteiger partial charge in [-0.2, -0.15) is 4.98 Å². The maximum atomic E-state index is 12.7. The Bertz CT molecular complexity index is 878. The van der Waals surface area contributed by atoms with Crippen molar-refractivity contribution in [1.82, 2.24) is 18.7 Å². The first-order valence-electron chi connectivity index (χ1n) is 7.67. The summed E-state index contributed by atoms with van der Waals surface area (Å²) in [6, 6.07) is 0. The molecule has 0 aliphatic carbocycles. The summed E-state index contributed by atoms with van der Waals surface area (Å²) in [5.74, 6) is 0.451. The molecular weight excluding hydrogens is 338 g/mol. The number of halogens is 1. The van der Waals surface area contributed by atoms with Crippen molar-refractivity contribution in [2.75, 3.05) is 31.2 Å². The van der Waals surface area contributed by atoms with Crippen molar-refractivity contribution in [1.29, 1.82) is 0 Å². The van der Waals surface area contributed by atoms with Gasteiger partial charge in [-0.25, -0.2) is 4.79 Å². The Morgan fingerprint density at radius 2 is 1.83 bits per heavy atom. The fourth-order valence-corrected chi connectivity index (χ4v) is 3.02. The monoisotopic (exact) mass is 357 g/mol. The number of rotatable bonds is 3. The summed E-state index contributed by atoms with van der Waals surface area (Å²) >= 11 is 6.38. The number of imidazole rings is 1. The number of hydrogen-bond donors (Lipinski definition) is 1. The maximum Gasteiger partial charge on any atom is 0.332 e. The van der Waals surface area contributed by atoms with Crippen LogP contribution in [-0.4, -0.2) is 56.2 Å². The van der Waals surface area contributed by atoms with Crippen molar-refractivity contribution in [2.24, 2.45) is 14.1 Å². The second-order valence-corrected chi connectivity index (χ2v) is 6.32. The van der Waals surface area contributed by atoms with Crippen LogP contribution in [0.1, 0.15) is 12.4 Å². The van der Waals surface area contributed by atoms with Crippen LogP contribution in [0.4, 0.5) is 5.95 Å². The summed E-state index contributed by atoms with van der Waals surface area (Å²) in [7, 11) is 2.96. The van der Waals surface area contributed by atoms with Crippen LogP contribution < -0.4 is 16.1 Å². The number of aliphatic hydroxyl groups is 1. The molecule has 132 valence electrons. The Balaban J connectivity index is 2.37. The summed E-state index contributed by atoms with van der Waals surface area (Å²) in [4.78, 5) is 31.2. The average Bonchev–Trinajstić information content (AvgIpc) is 2.98. The second kappa shape index (κ2) is 6.23. The number of alkyl halides is 1. The molecule has 0 radical (unpaired) electrons. The molecule has 2 aromatic heterocycles. The van der Waals surface area contributed by atoms with Crippen LogP contribution in [0.15, 0.2) is 9.59 Å². The lowest BCUT2D eigenvalue weighted by atomic mass is 10.3. The van der Waals surface area contributed by atoms with E-state index in [4.69, 9.17) is 16.3 Å². The number of aryl methyl sites for hydroxylation is 1. The summed E-state index contributed by atoms with van der Waals surface area (Å²) in [5, 5.41) is 9.96. The van der Waals surface area contributed by atoms with Crippen molar-refractivity contribution in [3.8, 4) is 0 Å². The fraction of sp³-hybridized carbons (Fsp3) is 0.643. The molecule has 0 spiro atoms. The Morgan fingerprint density at radius 1 is 1.21 bits per heavy atom. The molecule has 0 amide bonds. The van der Waals surface area contributed by atoms with Gasteiger partial charge in [0.2, 0.25) is 5.95 Å². The SMILES string of the molecule is CC(O)C(Cl)n1c(N2CCOCC2)nc2c1c(=O)n(C)c(=O)n2C. The van der Waals surface area contributed by atoms with Gasteiger partial charge in [-0.1, -0.05) is 11.6 Å². The zero-order chi connectivity index (χ0) is 17.6. The number of nitrogens with zero attached hydrogens (tertiary/aromatic N) is 5. The molecule has 1 fully saturated rings. The molecule has 1 saturated heterocycles. The predicted octanol–water partition coefficient (Wildman–Crippen LogP) is -0.611. The molecule has 1 N–H and O–H groups in total. The summed E-state index contributed by atoms with van der Waals surface area (Å²) in [6.07, 6.45) is -0.911. The van der Waals surface area contributed by atoms with E-state index in [0.717, 1.165) is 4.57 Å². The van der Waals surface area contributed by atoms with E-state index in [2.05, 4.69) is 4.98 Å². The summed E-state index contributed by atoms with van der Waals surface area (Å²) in [6.45, 7) is 3.77. The highest BCUT2D eigenvalue weighted by molar-refractivity contribution is 6.20. The molecule has 24 heavy (non-hydrogen) atoms. The summed E-state index contributed by atoms with van der Waals surface area (Å²) < 4.78 is 9.17. The maximum absolute atomic E-state index is 12.7. The molecule has 3 rings (SSSR count). The van der Waals surface area contributed by atoms with Gasteiger partial charge in [-0.05, 0) is 6.92 Å². The molecule has 10 heteroatoms. The topological polar surface area (TPSA) is 94.5 Å². The molecule has 1 aliphatic rings. The molecule has 0 aromatic carbocycles. The van der Waals surface area contributed by atoms with Gasteiger partial charge in [-0.3, -0.25) is 18.5 Å². The van der Waals surface area contributed by atoms with E-state index < -0.39 is 22.9 Å². The first-order valence-corrected chi connectivity index (χ1v) is 8.11. The number of fused-ring (bicyclic) bond motifs is 1. The zero-order valence-electron chi connectivity index (χ0n) is 13.8. The Labute approximate surface area is 142 Å². The lowest BCUT2D eigenvalue weighted by Gasteiger charge is -2.29. The number of aliphatic hydroxyl groups excluding tert-OH is 1. The van der Waals surface area contributed by atoms with E-state index in [1.165, 1.54) is 16.2 Å². The molecule has 0 saturated carbocycles. The lowest BCUT2D eigenvalue weighted by Crippen LogP contribution is -2.39. The van der Waals surface area contributed by atoms with Crippen LogP contribution in [0, 0.1) is 0 Å². The van der Waals surface area contributed by atoms with E-state index in [-0.39, 0.29) is 11.2 Å². The normalized spacial score (nSPS) is 18.1. The van der Waals surface area contributed by atoms with Crippen molar-refractivity contribution in [3.63, 3.8) is 0 Å². The number of hydrogen-bond acceptors (Lipinski definition) is 6. The fourth-order valence-electron chi connectivity index (χ4n) is 2.84. The van der Waals surface area contributed by atoms with E-state index in [0.29, 0.717) is 32.3 Å². The first-order chi connectivity index (χ1) is 11.3. The highest BCUT2D eigenvalue weighted by atomic mass is 35.5. The smallest absolute Gasteiger partial charge is 0.332 e. The standard InChI is InChI=1S/C14H20ClN5O4/c1-8(21)10(15)20-9-11(17(2)14(23)18(3)12(9)22)16-13(20)19-4-6-24-7-5-19/h8,10,21H,4-7H2,1-3H3. The molecule has 2 aromatic rings. The van der Waals surface area contributed by atoms with E-state index in [1.807, 2.05) is 4.90 Å². The van der Waals surface area contributed by atoms with Gasteiger partial charge >= 0.3 is 5.69 Å². The number of aromatic nitrogens is 4. The van der Waals surface area contributed by atoms with Crippen molar-refractivity contribution in [3.05, 3.63) is 20.8 Å². The minimum absolute atomic E-state index is 0.196. The third-order valence-corrected chi connectivity index (χ3v) is 4.77. The number of ether oxygens (including phenoxy) is 1. The van der Waals surface area contributed by atoms with Crippen LogP contribution in [0.25, 0.3) is 11.2 Å². The lowest BCUT2D eigenvalue weighted by molar-refractivity contribution is 0.121. The van der Waals surface area contributed by atoms with E-state index in [1.54, 1.807) is 14.0 Å². The largest absolute Gasteiger partial charge is 0.390 e. The first kappa shape index (κ1) is 17.0. The van der Waals surface area contributed by atoms with Crippen molar-refractivity contribution in [2.45, 2.75) is 18.5 Å². The summed E-state index contributed by atoms with van der Waals surface area (Å²) in [5.41, 5.74) is -1.41. The van der Waals surface area contributed by atoms with Crippen LogP contribution in [0.2, 0.25) is 0 Å². The molecular formula is C14H20ClN5O4. The van der Waals surface area contributed by atoms with Gasteiger partial charge in [0, 0.05) is 27.2 Å². The third-order valence-electron chi connectivity index (χ3n) is 4.21. The van der Waals surface area contributed by atoms with Crippen LogP contribution in [0.5, 0.6) is 0 Å². The van der Waals surface area contributed by atoms with Gasteiger partial charge < -0.3 is 14.7 Å². The third kappa shape index (κ3) is 2.52. The van der Waals surface area contributed by atoms with E-state index >= 15 is 0 Å². The van der Waals surface area contributed by atoms with Crippen LogP contribution in [-0.2, 0) is 18.8 Å². The highest BCUT2D eigenvalue weighted by Crippen LogP contribution is 2.29. The van der Waals surface area contributed by atoms with E-state index in [9.17, 15) is 14.7 Å². The molecule has 2 atom stereocenters. The van der Waals surface area contributed by atoms with Gasteiger partial charge in [0.15, 0.2) is 11.2 Å². The molecule has 1 aliphatic heterocycles. The van der Waals surface area contributed by atoms with Crippen molar-refractivity contribution < 1.29 is 9.84 Å². The molecule has 0 bridgehead atoms. The minimum atomic E-state index is -0.911. The molecule has 2 unspecified atom stereocenters. The minimum Gasteiger partial charge on any atom is -0.390 e. The van der Waals surface area contributed by atoms with Gasteiger partial charge in [0.05, 0.1) is 19.3 Å². The predicted molar refractivity (Wildman–Crippen MR) is 89.8 cm³/mol. The Morgan fingerprint density at radius 3 is 2.42 bits per heavy atom. The van der Waals surface area contributed by atoms with Gasteiger partial charge in [-0.15, -0.1) is 0 Å². The van der Waals surface area contributed by atoms with Crippen LogP contribution >= 0.6 is 11.6 Å². The van der Waals surface area contributed by atoms with Gasteiger partial charge in [0.1, 0.15) is 5.50 Å². The Kier molecular flexibility index (Phi) is 4.41.